The molecule has 0 spiro atoms. The van der Waals surface area contributed by atoms with E-state index in [0.29, 0.717) is 41.6 Å². The summed E-state index contributed by atoms with van der Waals surface area (Å²) in [6.45, 7) is 6.35. The highest BCUT2D eigenvalue weighted by atomic mass is 35.5. The number of terminal acetylenes is 1. The number of methoxy groups -OCH3 is 1. The minimum atomic E-state index is -0.229. The van der Waals surface area contributed by atoms with E-state index in [1.165, 1.54) is 5.56 Å². The van der Waals surface area contributed by atoms with Crippen molar-refractivity contribution in [3.63, 3.8) is 0 Å². The van der Waals surface area contributed by atoms with Crippen LogP contribution in [0, 0.1) is 19.3 Å². The molecule has 2 heterocycles. The van der Waals surface area contributed by atoms with E-state index < -0.39 is 0 Å². The van der Waals surface area contributed by atoms with Crippen molar-refractivity contribution in [1.82, 2.24) is 9.80 Å². The minimum Gasteiger partial charge on any atom is -0.495 e. The van der Waals surface area contributed by atoms with Crippen molar-refractivity contribution in [2.24, 2.45) is 0 Å². The number of esters is 1. The lowest BCUT2D eigenvalue weighted by molar-refractivity contribution is -0.132. The van der Waals surface area contributed by atoms with E-state index in [0.717, 1.165) is 42.7 Å². The Morgan fingerprint density at radius 1 is 1.21 bits per heavy atom. The molecule has 0 atom stereocenters. The number of fused-ring (bicyclic) bond motifs is 1. The van der Waals surface area contributed by atoms with Gasteiger partial charge in [0.15, 0.2) is 0 Å². The van der Waals surface area contributed by atoms with Gasteiger partial charge < -0.3 is 14.4 Å². The summed E-state index contributed by atoms with van der Waals surface area (Å²) in [7, 11) is 1.55. The Morgan fingerprint density at radius 2 is 1.97 bits per heavy atom. The molecule has 33 heavy (non-hydrogen) atoms. The third-order valence-corrected chi connectivity index (χ3v) is 6.92. The topological polar surface area (TPSA) is 59.1 Å². The van der Waals surface area contributed by atoms with Gasteiger partial charge in [-0.15, -0.1) is 6.42 Å². The quantitative estimate of drug-likeness (QED) is 0.483. The Balaban J connectivity index is 1.30. The van der Waals surface area contributed by atoms with Crippen LogP contribution in [0.15, 0.2) is 24.3 Å². The molecule has 0 aliphatic carbocycles. The number of ether oxygens (including phenoxy) is 2. The molecule has 172 valence electrons. The van der Waals surface area contributed by atoms with E-state index in [9.17, 15) is 9.59 Å². The molecule has 6 nitrogen and oxygen atoms in total. The first-order chi connectivity index (χ1) is 15.9. The van der Waals surface area contributed by atoms with Gasteiger partial charge in [-0.1, -0.05) is 23.6 Å². The van der Waals surface area contributed by atoms with E-state index in [-0.39, 0.29) is 18.3 Å². The monoisotopic (exact) mass is 466 g/mol. The van der Waals surface area contributed by atoms with Crippen molar-refractivity contribution in [1.29, 1.82) is 0 Å². The van der Waals surface area contributed by atoms with E-state index in [1.807, 2.05) is 17.0 Å². The maximum absolute atomic E-state index is 12.9. The molecule has 2 aliphatic rings. The zero-order valence-corrected chi connectivity index (χ0v) is 19.7. The maximum Gasteiger partial charge on any atom is 0.338 e. The Kier molecular flexibility index (Phi) is 6.92. The van der Waals surface area contributed by atoms with Crippen LogP contribution in [0.2, 0.25) is 5.02 Å². The van der Waals surface area contributed by atoms with E-state index >= 15 is 0 Å². The minimum absolute atomic E-state index is 0.0474. The lowest BCUT2D eigenvalue weighted by atomic mass is 9.96. The molecule has 2 aromatic carbocycles. The van der Waals surface area contributed by atoms with Crippen LogP contribution in [0.25, 0.3) is 0 Å². The number of benzene rings is 2. The van der Waals surface area contributed by atoms with Crippen LogP contribution < -0.4 is 4.74 Å². The fourth-order valence-electron chi connectivity index (χ4n) is 4.46. The highest BCUT2D eigenvalue weighted by Gasteiger charge is 2.25. The average Bonchev–Trinajstić information content (AvgIpc) is 3.21. The summed E-state index contributed by atoms with van der Waals surface area (Å²) < 4.78 is 10.5. The molecule has 1 saturated heterocycles. The number of halogens is 1. The van der Waals surface area contributed by atoms with E-state index in [4.69, 9.17) is 27.5 Å². The zero-order chi connectivity index (χ0) is 23.5. The standard InChI is InChI=1S/C26H27ClN2O4/c1-4-18-13-23(27)20(14-24(18)32-3)15-25(30)29-11-9-28(10-12-29)8-7-19-5-6-21-22(17(19)2)16-33-26(21)31/h1,5-6,13-14H,7-12,15-16H2,2-3H3. The van der Waals surface area contributed by atoms with Crippen molar-refractivity contribution >= 4 is 23.5 Å². The van der Waals surface area contributed by atoms with Crippen molar-refractivity contribution in [2.75, 3.05) is 39.8 Å². The van der Waals surface area contributed by atoms with Gasteiger partial charge in [-0.25, -0.2) is 4.79 Å². The van der Waals surface area contributed by atoms with Crippen molar-refractivity contribution in [2.45, 2.75) is 26.4 Å². The Hall–Kier alpha value is -3.01. The normalized spacial score (nSPS) is 15.7. The third-order valence-electron chi connectivity index (χ3n) is 6.57. The smallest absolute Gasteiger partial charge is 0.338 e. The van der Waals surface area contributed by atoms with Gasteiger partial charge in [0.25, 0.3) is 0 Å². The van der Waals surface area contributed by atoms with Gasteiger partial charge in [0.2, 0.25) is 5.91 Å². The number of cyclic esters (lactones) is 1. The summed E-state index contributed by atoms with van der Waals surface area (Å²) in [6, 6.07) is 7.33. The molecule has 0 unspecified atom stereocenters. The molecule has 1 amide bonds. The summed E-state index contributed by atoms with van der Waals surface area (Å²) >= 11 is 6.34. The SMILES string of the molecule is C#Cc1cc(Cl)c(CC(=O)N2CCN(CCc3ccc4c(c3C)COC4=O)CC2)cc1OC. The molecular formula is C26H27ClN2O4. The second-order valence-electron chi connectivity index (χ2n) is 8.39. The Bertz CT molecular complexity index is 1130. The van der Waals surface area contributed by atoms with Crippen LogP contribution in [0.3, 0.4) is 0 Å². The van der Waals surface area contributed by atoms with Gasteiger partial charge in [0, 0.05) is 43.3 Å². The van der Waals surface area contributed by atoms with Crippen molar-refractivity contribution in [3.05, 3.63) is 62.7 Å². The number of carbonyl (C=O) groups excluding carboxylic acids is 2. The summed E-state index contributed by atoms with van der Waals surface area (Å²) in [4.78, 5) is 28.9. The second kappa shape index (κ2) is 9.86. The molecule has 7 heteroatoms. The second-order valence-corrected chi connectivity index (χ2v) is 8.80. The molecular weight excluding hydrogens is 440 g/mol. The molecule has 0 aromatic heterocycles. The lowest BCUT2D eigenvalue weighted by Gasteiger charge is -2.35. The fourth-order valence-corrected chi connectivity index (χ4v) is 4.69. The first-order valence-electron chi connectivity index (χ1n) is 11.0. The molecule has 0 bridgehead atoms. The van der Waals surface area contributed by atoms with Gasteiger partial charge in [-0.05, 0) is 48.2 Å². The molecule has 2 aliphatic heterocycles. The van der Waals surface area contributed by atoms with Crippen LogP contribution in [0.4, 0.5) is 0 Å². The highest BCUT2D eigenvalue weighted by molar-refractivity contribution is 6.31. The third kappa shape index (κ3) is 4.85. The predicted molar refractivity (Wildman–Crippen MR) is 127 cm³/mol. The predicted octanol–water partition coefficient (Wildman–Crippen LogP) is 3.24. The van der Waals surface area contributed by atoms with Crippen LogP contribution in [0.5, 0.6) is 5.75 Å². The molecule has 4 rings (SSSR count). The average molecular weight is 467 g/mol. The van der Waals surface area contributed by atoms with Gasteiger partial charge in [-0.3, -0.25) is 9.69 Å². The first-order valence-corrected chi connectivity index (χ1v) is 11.4. The largest absolute Gasteiger partial charge is 0.495 e. The molecule has 0 saturated carbocycles. The Morgan fingerprint density at radius 3 is 2.67 bits per heavy atom. The fraction of sp³-hybridized carbons (Fsp3) is 0.385. The first kappa shape index (κ1) is 23.2. The highest BCUT2D eigenvalue weighted by Crippen LogP contribution is 2.28. The zero-order valence-electron chi connectivity index (χ0n) is 18.9. The van der Waals surface area contributed by atoms with Crippen LogP contribution >= 0.6 is 11.6 Å². The van der Waals surface area contributed by atoms with Crippen molar-refractivity contribution < 1.29 is 19.1 Å². The molecule has 0 N–H and O–H groups in total. The number of hydrogen-bond donors (Lipinski definition) is 0. The summed E-state index contributed by atoms with van der Waals surface area (Å²) in [5.41, 5.74) is 5.38. The van der Waals surface area contributed by atoms with E-state index in [1.54, 1.807) is 19.2 Å². The summed E-state index contributed by atoms with van der Waals surface area (Å²) in [6.07, 6.45) is 6.61. The van der Waals surface area contributed by atoms with Gasteiger partial charge in [0.1, 0.15) is 12.4 Å². The van der Waals surface area contributed by atoms with Crippen molar-refractivity contribution in [3.8, 4) is 18.1 Å². The maximum atomic E-state index is 12.9. The van der Waals surface area contributed by atoms with Crippen LogP contribution in [0.1, 0.15) is 38.2 Å². The van der Waals surface area contributed by atoms with Gasteiger partial charge in [0.05, 0.1) is 24.7 Å². The number of carbonyl (C=O) groups is 2. The van der Waals surface area contributed by atoms with Gasteiger partial charge >= 0.3 is 5.97 Å². The molecule has 0 radical (unpaired) electrons. The number of hydrogen-bond acceptors (Lipinski definition) is 5. The summed E-state index contributed by atoms with van der Waals surface area (Å²) in [5, 5.41) is 0.479. The van der Waals surface area contributed by atoms with E-state index in [2.05, 4.69) is 17.7 Å². The number of piperazine rings is 1. The van der Waals surface area contributed by atoms with Crippen LogP contribution in [-0.2, 0) is 29.0 Å². The van der Waals surface area contributed by atoms with Gasteiger partial charge in [-0.2, -0.15) is 0 Å². The number of nitrogens with zero attached hydrogens (tertiary/aromatic N) is 2. The molecule has 2 aromatic rings. The lowest BCUT2D eigenvalue weighted by Crippen LogP contribution is -2.49. The number of amides is 1. The number of rotatable bonds is 6. The summed E-state index contributed by atoms with van der Waals surface area (Å²) in [5.74, 6) is 2.91. The van der Waals surface area contributed by atoms with Crippen LogP contribution in [-0.4, -0.2) is 61.5 Å². The molecule has 1 fully saturated rings. The Labute approximate surface area is 199 Å².